The van der Waals surface area contributed by atoms with Crippen LogP contribution in [0, 0.1) is 0 Å². The smallest absolute Gasteiger partial charge is 0.321 e. The molecule has 1 aromatic heterocycles. The van der Waals surface area contributed by atoms with Crippen LogP contribution in [-0.4, -0.2) is 38.5 Å². The molecule has 116 valence electrons. The Hall–Kier alpha value is -1.61. The fraction of sp³-hybridized carbons (Fsp3) is 0.667. The Morgan fingerprint density at radius 2 is 2.14 bits per heavy atom. The van der Waals surface area contributed by atoms with E-state index < -0.39 is 6.03 Å². The zero-order valence-corrected chi connectivity index (χ0v) is 12.9. The lowest BCUT2D eigenvalue weighted by Crippen LogP contribution is -2.41. The molecule has 0 aliphatic heterocycles. The molecule has 0 unspecified atom stereocenters. The maximum Gasteiger partial charge on any atom is 0.321 e. The molecule has 3 amide bonds. The van der Waals surface area contributed by atoms with Crippen LogP contribution in [0.25, 0.3) is 0 Å². The van der Waals surface area contributed by atoms with Crippen LogP contribution in [0.15, 0.2) is 5.16 Å². The number of carbonyl (C=O) groups excluding carboxylic acids is 2. The molecular formula is C12H20N6O2S. The summed E-state index contributed by atoms with van der Waals surface area (Å²) in [5, 5.41) is 13.7. The van der Waals surface area contributed by atoms with Gasteiger partial charge < -0.3 is 15.6 Å². The highest BCUT2D eigenvalue weighted by Gasteiger charge is 2.24. The van der Waals surface area contributed by atoms with Crippen molar-refractivity contribution >= 4 is 23.7 Å². The van der Waals surface area contributed by atoms with Crippen molar-refractivity contribution in [2.45, 2.75) is 50.5 Å². The normalized spacial score (nSPS) is 14.3. The number of nitrogens with zero attached hydrogens (tertiary/aromatic N) is 3. The Balaban J connectivity index is 1.85. The molecule has 1 aliphatic carbocycles. The van der Waals surface area contributed by atoms with Crippen LogP contribution in [0.3, 0.4) is 0 Å². The number of rotatable bonds is 6. The van der Waals surface area contributed by atoms with E-state index in [0.717, 1.165) is 12.8 Å². The van der Waals surface area contributed by atoms with Crippen molar-refractivity contribution in [1.29, 1.82) is 0 Å². The number of hydrogen-bond donors (Lipinski definition) is 3. The average molecular weight is 312 g/mol. The number of hydrogen-bond acceptors (Lipinski definition) is 6. The van der Waals surface area contributed by atoms with Crippen LogP contribution in [0.4, 0.5) is 4.79 Å². The predicted octanol–water partition coefficient (Wildman–Crippen LogP) is 0.398. The van der Waals surface area contributed by atoms with E-state index in [1.165, 1.54) is 11.8 Å². The van der Waals surface area contributed by atoms with Crippen LogP contribution in [0.5, 0.6) is 0 Å². The van der Waals surface area contributed by atoms with Gasteiger partial charge in [0.1, 0.15) is 5.82 Å². The summed E-state index contributed by atoms with van der Waals surface area (Å²) in [5.41, 5.74) is 5.61. The zero-order chi connectivity index (χ0) is 15.4. The summed E-state index contributed by atoms with van der Waals surface area (Å²) < 4.78 is 1.89. The highest BCUT2D eigenvalue weighted by Crippen LogP contribution is 2.21. The van der Waals surface area contributed by atoms with Crippen LogP contribution in [0.2, 0.25) is 0 Å². The summed E-state index contributed by atoms with van der Waals surface area (Å²) in [4.78, 5) is 23.2. The number of aromatic nitrogens is 3. The van der Waals surface area contributed by atoms with Crippen LogP contribution < -0.4 is 16.4 Å². The fourth-order valence-electron chi connectivity index (χ4n) is 1.81. The molecule has 0 aromatic carbocycles. The number of nitrogens with one attached hydrogen (secondary N) is 2. The first kappa shape index (κ1) is 15.8. The Labute approximate surface area is 127 Å². The molecule has 21 heavy (non-hydrogen) atoms. The first-order chi connectivity index (χ1) is 10.0. The molecule has 1 fully saturated rings. The average Bonchev–Trinajstić information content (AvgIpc) is 3.12. The van der Waals surface area contributed by atoms with E-state index in [4.69, 9.17) is 5.73 Å². The predicted molar refractivity (Wildman–Crippen MR) is 78.7 cm³/mol. The van der Waals surface area contributed by atoms with Gasteiger partial charge in [0.25, 0.3) is 0 Å². The lowest BCUT2D eigenvalue weighted by atomic mass is 10.4. The van der Waals surface area contributed by atoms with Crippen molar-refractivity contribution in [3.05, 3.63) is 5.82 Å². The van der Waals surface area contributed by atoms with Gasteiger partial charge >= 0.3 is 6.03 Å². The molecule has 8 nitrogen and oxygen atoms in total. The number of thioether (sulfide) groups is 1. The molecule has 0 atom stereocenters. The number of urea groups is 1. The van der Waals surface area contributed by atoms with Gasteiger partial charge in [-0.05, 0) is 26.7 Å². The van der Waals surface area contributed by atoms with Gasteiger partial charge in [-0.25, -0.2) is 4.79 Å². The molecule has 1 aromatic rings. The topological polar surface area (TPSA) is 115 Å². The van der Waals surface area contributed by atoms with Crippen molar-refractivity contribution in [1.82, 2.24) is 25.4 Å². The molecule has 2 rings (SSSR count). The van der Waals surface area contributed by atoms with Gasteiger partial charge in [0.05, 0.1) is 12.3 Å². The van der Waals surface area contributed by atoms with Crippen molar-refractivity contribution in [3.63, 3.8) is 0 Å². The minimum absolute atomic E-state index is 0.105. The second kappa shape index (κ2) is 6.90. The summed E-state index contributed by atoms with van der Waals surface area (Å²) in [7, 11) is 0. The first-order valence-corrected chi connectivity index (χ1v) is 7.86. The van der Waals surface area contributed by atoms with Gasteiger partial charge in [0.2, 0.25) is 5.91 Å². The highest BCUT2D eigenvalue weighted by atomic mass is 32.2. The highest BCUT2D eigenvalue weighted by molar-refractivity contribution is 7.99. The zero-order valence-electron chi connectivity index (χ0n) is 12.1. The quantitative estimate of drug-likeness (QED) is 0.655. The molecule has 9 heteroatoms. The molecule has 0 bridgehead atoms. The Kier molecular flexibility index (Phi) is 5.18. The van der Waals surface area contributed by atoms with E-state index in [1.54, 1.807) is 0 Å². The molecule has 1 aliphatic rings. The third-order valence-electron chi connectivity index (χ3n) is 2.93. The van der Waals surface area contributed by atoms with Gasteiger partial charge in [-0.1, -0.05) is 11.8 Å². The van der Waals surface area contributed by atoms with Crippen LogP contribution in [-0.2, 0) is 11.3 Å². The fourth-order valence-corrected chi connectivity index (χ4v) is 2.69. The number of amides is 3. The molecule has 0 spiro atoms. The lowest BCUT2D eigenvalue weighted by Gasteiger charge is -2.12. The third kappa shape index (κ3) is 4.43. The van der Waals surface area contributed by atoms with Crippen molar-refractivity contribution in [2.24, 2.45) is 5.73 Å². The van der Waals surface area contributed by atoms with Crippen LogP contribution in [0.1, 0.15) is 38.6 Å². The third-order valence-corrected chi connectivity index (χ3v) is 3.88. The van der Waals surface area contributed by atoms with E-state index >= 15 is 0 Å². The molecular weight excluding hydrogens is 292 g/mol. The summed E-state index contributed by atoms with van der Waals surface area (Å²) in [6.07, 6.45) is 1.96. The second-order valence-corrected chi connectivity index (χ2v) is 6.09. The van der Waals surface area contributed by atoms with E-state index in [9.17, 15) is 9.59 Å². The second-order valence-electron chi connectivity index (χ2n) is 5.15. The van der Waals surface area contributed by atoms with Gasteiger partial charge in [0, 0.05) is 12.1 Å². The minimum Gasteiger partial charge on any atom is -0.335 e. The van der Waals surface area contributed by atoms with E-state index in [-0.39, 0.29) is 23.7 Å². The summed E-state index contributed by atoms with van der Waals surface area (Å²) in [5.74, 6) is 0.429. The van der Waals surface area contributed by atoms with Gasteiger partial charge in [-0.15, -0.1) is 10.2 Å². The molecule has 4 N–H and O–H groups in total. The molecule has 0 saturated heterocycles. The number of carbonyl (C=O) groups is 2. The largest absolute Gasteiger partial charge is 0.335 e. The minimum atomic E-state index is -0.434. The summed E-state index contributed by atoms with van der Waals surface area (Å²) in [6.45, 7) is 4.28. The lowest BCUT2D eigenvalue weighted by molar-refractivity contribution is -0.117. The van der Waals surface area contributed by atoms with E-state index in [2.05, 4.69) is 20.8 Å². The summed E-state index contributed by atoms with van der Waals surface area (Å²) in [6, 6.07) is -0.0556. The maximum atomic E-state index is 11.7. The van der Waals surface area contributed by atoms with Crippen molar-refractivity contribution < 1.29 is 9.59 Å². The maximum absolute atomic E-state index is 11.7. The Morgan fingerprint density at radius 3 is 2.71 bits per heavy atom. The van der Waals surface area contributed by atoms with Crippen LogP contribution >= 0.6 is 11.8 Å². The molecule has 0 radical (unpaired) electrons. The SMILES string of the molecule is CC(C)n1c(CN)nnc1SCC(=O)NC(=O)NC1CC1. The summed E-state index contributed by atoms with van der Waals surface area (Å²) >= 11 is 1.24. The Bertz CT molecular complexity index is 526. The van der Waals surface area contributed by atoms with Gasteiger partial charge in [-0.3, -0.25) is 10.1 Å². The van der Waals surface area contributed by atoms with Gasteiger partial charge in [0.15, 0.2) is 5.16 Å². The number of imide groups is 1. The molecule has 1 saturated carbocycles. The monoisotopic (exact) mass is 312 g/mol. The first-order valence-electron chi connectivity index (χ1n) is 6.88. The van der Waals surface area contributed by atoms with Crippen molar-refractivity contribution in [2.75, 3.05) is 5.75 Å². The standard InChI is InChI=1S/C12H20N6O2S/c1-7(2)18-9(5-13)16-17-12(18)21-6-10(19)15-11(20)14-8-3-4-8/h7-8H,3-6,13H2,1-2H3,(H2,14,15,19,20). The van der Waals surface area contributed by atoms with Crippen molar-refractivity contribution in [3.8, 4) is 0 Å². The van der Waals surface area contributed by atoms with E-state index in [1.807, 2.05) is 18.4 Å². The Morgan fingerprint density at radius 1 is 1.43 bits per heavy atom. The molecule has 1 heterocycles. The van der Waals surface area contributed by atoms with E-state index in [0.29, 0.717) is 17.5 Å². The number of nitrogens with two attached hydrogens (primary N) is 1. The van der Waals surface area contributed by atoms with Gasteiger partial charge in [-0.2, -0.15) is 0 Å².